The number of nitrogens with zero attached hydrogens (tertiary/aromatic N) is 3. The summed E-state index contributed by atoms with van der Waals surface area (Å²) in [5, 5.41) is 7.02. The number of amides is 1. The van der Waals surface area contributed by atoms with Gasteiger partial charge in [0.2, 0.25) is 0 Å². The Morgan fingerprint density at radius 2 is 1.62 bits per heavy atom. The fraction of sp³-hybridized carbons (Fsp3) is 0.407. The number of fused-ring (bicyclic) bond motifs is 1. The molecule has 1 amide bonds. The van der Waals surface area contributed by atoms with Crippen LogP contribution in [0.2, 0.25) is 0 Å². The van der Waals surface area contributed by atoms with Crippen LogP contribution in [0.5, 0.6) is 0 Å². The molecule has 2 heterocycles. The van der Waals surface area contributed by atoms with Gasteiger partial charge in [0.25, 0.3) is 5.91 Å². The first-order valence-electron chi connectivity index (χ1n) is 12.0. The van der Waals surface area contributed by atoms with Crippen molar-refractivity contribution in [1.82, 2.24) is 20.2 Å². The number of rotatable bonds is 5. The molecule has 3 aromatic rings. The number of carbonyl (C=O) groups excluding carboxylic acids is 1. The molecule has 1 N–H and O–H groups in total. The van der Waals surface area contributed by atoms with Gasteiger partial charge in [-0.2, -0.15) is 5.10 Å². The van der Waals surface area contributed by atoms with Crippen molar-refractivity contribution in [2.75, 3.05) is 13.1 Å². The highest BCUT2D eigenvalue weighted by Crippen LogP contribution is 2.37. The second-order valence-electron chi connectivity index (χ2n) is 9.05. The van der Waals surface area contributed by atoms with Crippen molar-refractivity contribution in [3.8, 4) is 0 Å². The molecule has 32 heavy (non-hydrogen) atoms. The molecular weight excluding hydrogens is 396 g/mol. The summed E-state index contributed by atoms with van der Waals surface area (Å²) in [5.41, 5.74) is 8.65. The van der Waals surface area contributed by atoms with E-state index in [1.54, 1.807) is 0 Å². The average molecular weight is 429 g/mol. The monoisotopic (exact) mass is 428 g/mol. The van der Waals surface area contributed by atoms with Gasteiger partial charge < -0.3 is 0 Å². The first-order valence-corrected chi connectivity index (χ1v) is 12.0. The van der Waals surface area contributed by atoms with Gasteiger partial charge in [-0.05, 0) is 43.2 Å². The molecule has 1 atom stereocenters. The van der Waals surface area contributed by atoms with Crippen LogP contribution in [0.4, 0.5) is 0 Å². The lowest BCUT2D eigenvalue weighted by atomic mass is 9.90. The molecule has 5 nitrogen and oxygen atoms in total. The maximum atomic E-state index is 13.4. The summed E-state index contributed by atoms with van der Waals surface area (Å²) in [5.74, 6) is 0.213. The molecule has 1 aromatic heterocycles. The van der Waals surface area contributed by atoms with Crippen molar-refractivity contribution in [3.63, 3.8) is 0 Å². The lowest BCUT2D eigenvalue weighted by Gasteiger charge is -2.26. The third kappa shape index (κ3) is 4.49. The van der Waals surface area contributed by atoms with Crippen molar-refractivity contribution >= 4 is 5.91 Å². The molecule has 1 unspecified atom stereocenters. The van der Waals surface area contributed by atoms with E-state index < -0.39 is 0 Å². The van der Waals surface area contributed by atoms with Gasteiger partial charge in [-0.25, -0.2) is 5.01 Å². The second kappa shape index (κ2) is 9.70. The van der Waals surface area contributed by atoms with Crippen LogP contribution in [0.25, 0.3) is 0 Å². The average Bonchev–Trinajstić information content (AvgIpc) is 3.04. The normalized spacial score (nSPS) is 19.2. The predicted octanol–water partition coefficient (Wildman–Crippen LogP) is 4.92. The van der Waals surface area contributed by atoms with Crippen molar-refractivity contribution in [2.45, 2.75) is 57.4 Å². The molecule has 1 aliphatic heterocycles. The van der Waals surface area contributed by atoms with E-state index in [0.717, 1.165) is 57.2 Å². The van der Waals surface area contributed by atoms with Crippen LogP contribution in [0, 0.1) is 0 Å². The van der Waals surface area contributed by atoms with E-state index in [1.807, 2.05) is 6.07 Å². The lowest BCUT2D eigenvalue weighted by molar-refractivity contribution is 0.0743. The van der Waals surface area contributed by atoms with Gasteiger partial charge >= 0.3 is 0 Å². The Balaban J connectivity index is 1.55. The Morgan fingerprint density at radius 3 is 2.38 bits per heavy atom. The number of hydrogen-bond acceptors (Lipinski definition) is 3. The van der Waals surface area contributed by atoms with E-state index >= 15 is 0 Å². The molecule has 166 valence electrons. The highest BCUT2D eigenvalue weighted by molar-refractivity contribution is 5.93. The highest BCUT2D eigenvalue weighted by atomic mass is 16.2. The van der Waals surface area contributed by atoms with Crippen LogP contribution >= 0.6 is 0 Å². The van der Waals surface area contributed by atoms with Crippen molar-refractivity contribution in [1.29, 1.82) is 0 Å². The van der Waals surface area contributed by atoms with Gasteiger partial charge in [0.05, 0.1) is 12.2 Å². The molecule has 1 fully saturated rings. The number of hydrazine groups is 1. The van der Waals surface area contributed by atoms with Gasteiger partial charge in [-0.15, -0.1) is 0 Å². The SMILES string of the molecule is O=C(NN1CCCCC1)c1nn(Cc2ccccc2)c2c1CCCCC2c1ccccc1. The van der Waals surface area contributed by atoms with Gasteiger partial charge in [-0.1, -0.05) is 73.5 Å². The van der Waals surface area contributed by atoms with E-state index in [1.165, 1.54) is 23.2 Å². The standard InChI is InChI=1S/C27H32N4O/c32-27(29-30-18-10-3-11-19-30)25-24-17-9-8-16-23(22-14-6-2-7-15-22)26(24)31(28-25)20-21-12-4-1-5-13-21/h1-2,4-7,12-15,23H,3,8-11,16-20H2,(H,29,32). The Bertz CT molecular complexity index is 1040. The topological polar surface area (TPSA) is 50.2 Å². The lowest BCUT2D eigenvalue weighted by Crippen LogP contribution is -2.45. The Labute approximate surface area is 190 Å². The predicted molar refractivity (Wildman–Crippen MR) is 127 cm³/mol. The molecule has 1 saturated heterocycles. The number of hydrogen-bond donors (Lipinski definition) is 1. The molecule has 1 aliphatic carbocycles. The quantitative estimate of drug-likeness (QED) is 0.587. The summed E-state index contributed by atoms with van der Waals surface area (Å²) >= 11 is 0. The number of aromatic nitrogens is 2. The van der Waals surface area contributed by atoms with Crippen LogP contribution in [-0.4, -0.2) is 33.8 Å². The zero-order chi connectivity index (χ0) is 21.8. The smallest absolute Gasteiger partial charge is 0.283 e. The third-order valence-electron chi connectivity index (χ3n) is 6.80. The minimum atomic E-state index is -0.0522. The largest absolute Gasteiger partial charge is 0.286 e. The number of piperidine rings is 1. The van der Waals surface area contributed by atoms with Crippen LogP contribution in [-0.2, 0) is 13.0 Å². The van der Waals surface area contributed by atoms with Crippen LogP contribution in [0.3, 0.4) is 0 Å². The zero-order valence-electron chi connectivity index (χ0n) is 18.7. The summed E-state index contributed by atoms with van der Waals surface area (Å²) in [7, 11) is 0. The maximum absolute atomic E-state index is 13.4. The molecule has 5 rings (SSSR count). The first kappa shape index (κ1) is 21.0. The van der Waals surface area contributed by atoms with E-state index in [4.69, 9.17) is 5.10 Å². The van der Waals surface area contributed by atoms with E-state index in [9.17, 15) is 4.79 Å². The molecule has 2 aliphatic rings. The maximum Gasteiger partial charge on any atom is 0.286 e. The molecular formula is C27H32N4O. The van der Waals surface area contributed by atoms with Gasteiger partial charge in [0.15, 0.2) is 5.69 Å². The van der Waals surface area contributed by atoms with E-state index in [2.05, 4.69) is 69.7 Å². The minimum Gasteiger partial charge on any atom is -0.283 e. The first-order chi connectivity index (χ1) is 15.8. The van der Waals surface area contributed by atoms with Crippen LogP contribution in [0.15, 0.2) is 60.7 Å². The van der Waals surface area contributed by atoms with Crippen molar-refractivity contribution in [3.05, 3.63) is 88.7 Å². The molecule has 5 heteroatoms. The molecule has 2 aromatic carbocycles. The van der Waals surface area contributed by atoms with E-state index in [-0.39, 0.29) is 11.8 Å². The van der Waals surface area contributed by atoms with Gasteiger partial charge in [0, 0.05) is 24.6 Å². The number of nitrogens with one attached hydrogen (secondary N) is 1. The minimum absolute atomic E-state index is 0.0522. The summed E-state index contributed by atoms with van der Waals surface area (Å²) in [6, 6.07) is 21.2. The summed E-state index contributed by atoms with van der Waals surface area (Å²) in [4.78, 5) is 13.4. The fourth-order valence-electron chi connectivity index (χ4n) is 5.21. The van der Waals surface area contributed by atoms with Gasteiger partial charge in [0.1, 0.15) is 0 Å². The second-order valence-corrected chi connectivity index (χ2v) is 9.05. The molecule has 0 saturated carbocycles. The van der Waals surface area contributed by atoms with Gasteiger partial charge in [-0.3, -0.25) is 14.9 Å². The van der Waals surface area contributed by atoms with Crippen molar-refractivity contribution < 1.29 is 4.79 Å². The molecule has 0 spiro atoms. The van der Waals surface area contributed by atoms with Crippen LogP contribution < -0.4 is 5.43 Å². The number of benzene rings is 2. The third-order valence-corrected chi connectivity index (χ3v) is 6.80. The summed E-state index contributed by atoms with van der Waals surface area (Å²) in [6.07, 6.45) is 7.77. The molecule has 0 bridgehead atoms. The van der Waals surface area contributed by atoms with Crippen LogP contribution in [0.1, 0.15) is 77.3 Å². The highest BCUT2D eigenvalue weighted by Gasteiger charge is 2.31. The zero-order valence-corrected chi connectivity index (χ0v) is 18.7. The Morgan fingerprint density at radius 1 is 0.906 bits per heavy atom. The summed E-state index contributed by atoms with van der Waals surface area (Å²) < 4.78 is 2.11. The van der Waals surface area contributed by atoms with E-state index in [0.29, 0.717) is 12.2 Å². The fourth-order valence-corrected chi connectivity index (χ4v) is 5.21. The Hall–Kier alpha value is -2.92. The summed E-state index contributed by atoms with van der Waals surface area (Å²) in [6.45, 7) is 2.53. The molecule has 0 radical (unpaired) electrons. The van der Waals surface area contributed by atoms with Crippen molar-refractivity contribution in [2.24, 2.45) is 0 Å². The number of carbonyl (C=O) groups is 1. The Kier molecular flexibility index (Phi) is 6.35.